The maximum absolute atomic E-state index is 11.5. The highest BCUT2D eigenvalue weighted by molar-refractivity contribution is 7.92. The smallest absolute Gasteiger partial charge is 0.233 e. The molecule has 0 atom stereocenters. The summed E-state index contributed by atoms with van der Waals surface area (Å²) in [6, 6.07) is 3.30. The maximum Gasteiger partial charge on any atom is 0.233 e. The molecule has 0 aliphatic carbocycles. The van der Waals surface area contributed by atoms with Gasteiger partial charge in [-0.15, -0.1) is 10.2 Å². The first-order valence-electron chi connectivity index (χ1n) is 6.16. The minimum atomic E-state index is -3.31. The Balaban J connectivity index is 2.52. The molecule has 1 aromatic heterocycles. The number of sulfonamides is 1. The van der Waals surface area contributed by atoms with Crippen molar-refractivity contribution in [2.24, 2.45) is 0 Å². The molecule has 0 radical (unpaired) electrons. The largest absolute Gasteiger partial charge is 0.367 e. The van der Waals surface area contributed by atoms with Crippen LogP contribution < -0.4 is 10.0 Å². The monoisotopic (exact) mass is 287 g/mol. The average molecular weight is 287 g/mol. The van der Waals surface area contributed by atoms with E-state index in [9.17, 15) is 8.42 Å². The predicted molar refractivity (Wildman–Crippen MR) is 76.8 cm³/mol. The van der Waals surface area contributed by atoms with E-state index in [2.05, 4.69) is 20.2 Å². The molecule has 1 aromatic rings. The molecule has 0 unspecified atom stereocenters. The standard InChI is InChI=1S/C11H21N5O2S/c1-4-9-19(17,18)15-11-6-5-10(13-14-11)12-7-8-16(2)3/h5-6H,4,7-9H2,1-3H3,(H,12,13)(H,14,15). The van der Waals surface area contributed by atoms with Gasteiger partial charge in [0.2, 0.25) is 10.0 Å². The Morgan fingerprint density at radius 1 is 1.21 bits per heavy atom. The maximum atomic E-state index is 11.5. The van der Waals surface area contributed by atoms with Crippen molar-refractivity contribution in [3.8, 4) is 0 Å². The van der Waals surface area contributed by atoms with Crippen molar-refractivity contribution in [1.82, 2.24) is 15.1 Å². The summed E-state index contributed by atoms with van der Waals surface area (Å²) in [6.45, 7) is 3.44. The number of nitrogens with zero attached hydrogens (tertiary/aromatic N) is 3. The van der Waals surface area contributed by atoms with E-state index >= 15 is 0 Å². The molecule has 0 spiro atoms. The van der Waals surface area contributed by atoms with Crippen LogP contribution in [0.2, 0.25) is 0 Å². The summed E-state index contributed by atoms with van der Waals surface area (Å²) in [6.07, 6.45) is 0.562. The van der Waals surface area contributed by atoms with Crippen LogP contribution in [0, 0.1) is 0 Å². The topological polar surface area (TPSA) is 87.2 Å². The van der Waals surface area contributed by atoms with Crippen molar-refractivity contribution in [3.05, 3.63) is 12.1 Å². The lowest BCUT2D eigenvalue weighted by Gasteiger charge is -2.10. The zero-order valence-electron chi connectivity index (χ0n) is 11.5. The van der Waals surface area contributed by atoms with Crippen molar-refractivity contribution >= 4 is 21.7 Å². The summed E-state index contributed by atoms with van der Waals surface area (Å²) in [5.41, 5.74) is 0. The summed E-state index contributed by atoms with van der Waals surface area (Å²) < 4.78 is 25.4. The van der Waals surface area contributed by atoms with E-state index < -0.39 is 10.0 Å². The second-order valence-electron chi connectivity index (χ2n) is 4.45. The predicted octanol–water partition coefficient (Wildman–Crippen LogP) is 0.602. The highest BCUT2D eigenvalue weighted by atomic mass is 32.2. The number of rotatable bonds is 8. The number of hydrogen-bond acceptors (Lipinski definition) is 6. The van der Waals surface area contributed by atoms with Gasteiger partial charge in [-0.25, -0.2) is 8.42 Å². The summed E-state index contributed by atoms with van der Waals surface area (Å²) in [5, 5.41) is 10.8. The molecular formula is C11H21N5O2S. The molecule has 108 valence electrons. The van der Waals surface area contributed by atoms with Crippen LogP contribution in [0.4, 0.5) is 11.6 Å². The molecule has 2 N–H and O–H groups in total. The van der Waals surface area contributed by atoms with Crippen molar-refractivity contribution < 1.29 is 8.42 Å². The first kappa shape index (κ1) is 15.6. The van der Waals surface area contributed by atoms with Gasteiger partial charge in [0, 0.05) is 13.1 Å². The fraction of sp³-hybridized carbons (Fsp3) is 0.636. The molecule has 1 rings (SSSR count). The number of aromatic nitrogens is 2. The average Bonchev–Trinajstić information content (AvgIpc) is 2.30. The van der Waals surface area contributed by atoms with Crippen LogP contribution in [0.3, 0.4) is 0 Å². The van der Waals surface area contributed by atoms with Crippen LogP contribution in [0.5, 0.6) is 0 Å². The third-order valence-corrected chi connectivity index (χ3v) is 3.73. The molecular weight excluding hydrogens is 266 g/mol. The Bertz CT molecular complexity index is 472. The fourth-order valence-corrected chi connectivity index (χ4v) is 2.43. The lowest BCUT2D eigenvalue weighted by Crippen LogP contribution is -2.21. The first-order chi connectivity index (χ1) is 8.93. The van der Waals surface area contributed by atoms with Gasteiger partial charge in [0.05, 0.1) is 5.75 Å². The van der Waals surface area contributed by atoms with Gasteiger partial charge in [-0.1, -0.05) is 6.92 Å². The molecule has 7 nitrogen and oxygen atoms in total. The van der Waals surface area contributed by atoms with E-state index in [0.717, 1.165) is 13.1 Å². The lowest BCUT2D eigenvalue weighted by atomic mass is 10.5. The molecule has 0 saturated heterocycles. The molecule has 19 heavy (non-hydrogen) atoms. The van der Waals surface area contributed by atoms with Gasteiger partial charge in [0.25, 0.3) is 0 Å². The highest BCUT2D eigenvalue weighted by Gasteiger charge is 2.09. The van der Waals surface area contributed by atoms with Crippen LogP contribution >= 0.6 is 0 Å². The van der Waals surface area contributed by atoms with Crippen molar-refractivity contribution in [3.63, 3.8) is 0 Å². The van der Waals surface area contributed by atoms with Crippen LogP contribution in [0.15, 0.2) is 12.1 Å². The molecule has 0 fully saturated rings. The van der Waals surface area contributed by atoms with Gasteiger partial charge in [0.15, 0.2) is 5.82 Å². The Hall–Kier alpha value is -1.41. The Kier molecular flexibility index (Phi) is 5.97. The number of likely N-dealkylation sites (N-methyl/N-ethyl adjacent to an activating group) is 1. The van der Waals surface area contributed by atoms with Crippen LogP contribution in [-0.4, -0.2) is 56.5 Å². The van der Waals surface area contributed by atoms with Crippen molar-refractivity contribution in [2.45, 2.75) is 13.3 Å². The van der Waals surface area contributed by atoms with Crippen LogP contribution in [0.25, 0.3) is 0 Å². The molecule has 0 saturated carbocycles. The van der Waals surface area contributed by atoms with E-state index in [1.807, 2.05) is 25.9 Å². The van der Waals surface area contributed by atoms with Gasteiger partial charge < -0.3 is 10.2 Å². The van der Waals surface area contributed by atoms with Gasteiger partial charge in [-0.05, 0) is 32.6 Å². The van der Waals surface area contributed by atoms with E-state index in [-0.39, 0.29) is 11.6 Å². The Morgan fingerprint density at radius 2 is 1.84 bits per heavy atom. The molecule has 1 heterocycles. The second kappa shape index (κ2) is 7.25. The summed E-state index contributed by atoms with van der Waals surface area (Å²) in [4.78, 5) is 2.05. The quantitative estimate of drug-likeness (QED) is 0.728. The molecule has 0 amide bonds. The SMILES string of the molecule is CCCS(=O)(=O)Nc1ccc(NCCN(C)C)nn1. The van der Waals surface area contributed by atoms with Gasteiger partial charge >= 0.3 is 0 Å². The summed E-state index contributed by atoms with van der Waals surface area (Å²) in [7, 11) is 0.665. The third kappa shape index (κ3) is 6.35. The number of hydrogen-bond donors (Lipinski definition) is 2. The number of anilines is 2. The van der Waals surface area contributed by atoms with Crippen molar-refractivity contribution in [1.29, 1.82) is 0 Å². The van der Waals surface area contributed by atoms with E-state index in [1.165, 1.54) is 0 Å². The molecule has 0 aliphatic rings. The summed E-state index contributed by atoms with van der Waals surface area (Å²) in [5.74, 6) is 0.948. The number of nitrogens with one attached hydrogen (secondary N) is 2. The second-order valence-corrected chi connectivity index (χ2v) is 6.30. The Morgan fingerprint density at radius 3 is 2.37 bits per heavy atom. The molecule has 0 bridgehead atoms. The lowest BCUT2D eigenvalue weighted by molar-refractivity contribution is 0.425. The highest BCUT2D eigenvalue weighted by Crippen LogP contribution is 2.08. The van der Waals surface area contributed by atoms with Gasteiger partial charge in [-0.2, -0.15) is 0 Å². The van der Waals surface area contributed by atoms with Crippen LogP contribution in [-0.2, 0) is 10.0 Å². The third-order valence-electron chi connectivity index (χ3n) is 2.26. The Labute approximate surface area is 114 Å². The van der Waals surface area contributed by atoms with Gasteiger partial charge in [-0.3, -0.25) is 4.72 Å². The zero-order chi connectivity index (χ0) is 14.3. The first-order valence-corrected chi connectivity index (χ1v) is 7.81. The molecule has 0 aromatic carbocycles. The summed E-state index contributed by atoms with van der Waals surface area (Å²) >= 11 is 0. The van der Waals surface area contributed by atoms with E-state index in [4.69, 9.17) is 0 Å². The van der Waals surface area contributed by atoms with E-state index in [0.29, 0.717) is 12.2 Å². The fourth-order valence-electron chi connectivity index (χ4n) is 1.37. The normalized spacial score (nSPS) is 11.6. The minimum Gasteiger partial charge on any atom is -0.367 e. The molecule has 0 aliphatic heterocycles. The van der Waals surface area contributed by atoms with Crippen LogP contribution in [0.1, 0.15) is 13.3 Å². The van der Waals surface area contributed by atoms with E-state index in [1.54, 1.807) is 12.1 Å². The zero-order valence-corrected chi connectivity index (χ0v) is 12.4. The molecule has 8 heteroatoms. The van der Waals surface area contributed by atoms with Crippen molar-refractivity contribution in [2.75, 3.05) is 43.0 Å². The minimum absolute atomic E-state index is 0.0809. The van der Waals surface area contributed by atoms with Gasteiger partial charge in [0.1, 0.15) is 5.82 Å².